The van der Waals surface area contributed by atoms with Crippen LogP contribution in [0.25, 0.3) is 0 Å². The van der Waals surface area contributed by atoms with Gasteiger partial charge in [0.2, 0.25) is 0 Å². The molecule has 0 saturated heterocycles. The van der Waals surface area contributed by atoms with Gasteiger partial charge in [-0.05, 0) is 12.8 Å². The first-order valence-corrected chi connectivity index (χ1v) is 6.39. The summed E-state index contributed by atoms with van der Waals surface area (Å²) >= 11 is 0. The van der Waals surface area contributed by atoms with Crippen LogP contribution in [0, 0.1) is 0 Å². The number of carbonyl (C=O) groups is 2. The minimum atomic E-state index is -0.753. The van der Waals surface area contributed by atoms with Gasteiger partial charge in [0.25, 0.3) is 0 Å². The van der Waals surface area contributed by atoms with Gasteiger partial charge in [-0.2, -0.15) is 0 Å². The van der Waals surface area contributed by atoms with Crippen molar-refractivity contribution in [2.24, 2.45) is 0 Å². The van der Waals surface area contributed by atoms with Crippen LogP contribution in [-0.2, 0) is 11.3 Å². The molecule has 1 rings (SSSR count). The maximum atomic E-state index is 11.4. The molecule has 0 bridgehead atoms. The largest absolute Gasteiger partial charge is 0.481 e. The normalized spacial score (nSPS) is 10.1. The number of carbonyl (C=O) groups excluding carboxylic acids is 1. The molecule has 0 fully saturated rings. The Morgan fingerprint density at radius 3 is 2.68 bits per heavy atom. The summed E-state index contributed by atoms with van der Waals surface area (Å²) in [6.45, 7) is 1.02. The Labute approximate surface area is 111 Å². The summed E-state index contributed by atoms with van der Waals surface area (Å²) < 4.78 is 0. The van der Waals surface area contributed by atoms with Gasteiger partial charge in [-0.1, -0.05) is 12.8 Å². The maximum Gasteiger partial charge on any atom is 0.315 e. The van der Waals surface area contributed by atoms with Crippen molar-refractivity contribution >= 4 is 12.0 Å². The standard InChI is InChI=1S/C12H20N4O3/c17-11(18)5-3-1-2-4-6-14-12(19)15-8-10-7-13-9-16-10/h7,9H,1-6,8H2,(H,13,16)(H,17,18)(H2,14,15,19). The number of aromatic nitrogens is 2. The van der Waals surface area contributed by atoms with Crippen LogP contribution in [-0.4, -0.2) is 33.6 Å². The van der Waals surface area contributed by atoms with E-state index in [1.807, 2.05) is 0 Å². The van der Waals surface area contributed by atoms with Gasteiger partial charge in [-0.25, -0.2) is 9.78 Å². The fourth-order valence-corrected chi connectivity index (χ4v) is 1.58. The molecule has 1 aromatic rings. The topological polar surface area (TPSA) is 107 Å². The van der Waals surface area contributed by atoms with Gasteiger partial charge in [-0.3, -0.25) is 4.79 Å². The van der Waals surface area contributed by atoms with Gasteiger partial charge in [-0.15, -0.1) is 0 Å². The lowest BCUT2D eigenvalue weighted by atomic mass is 10.1. The number of rotatable bonds is 9. The fourth-order valence-electron chi connectivity index (χ4n) is 1.58. The van der Waals surface area contributed by atoms with E-state index in [9.17, 15) is 9.59 Å². The number of aliphatic carboxylic acids is 1. The summed E-state index contributed by atoms with van der Waals surface area (Å²) in [5.74, 6) is -0.753. The van der Waals surface area contributed by atoms with E-state index in [-0.39, 0.29) is 12.5 Å². The monoisotopic (exact) mass is 268 g/mol. The maximum absolute atomic E-state index is 11.4. The Morgan fingerprint density at radius 1 is 1.21 bits per heavy atom. The molecule has 2 amide bonds. The van der Waals surface area contributed by atoms with E-state index in [4.69, 9.17) is 5.11 Å². The Bertz CT molecular complexity index is 378. The van der Waals surface area contributed by atoms with Crippen molar-refractivity contribution in [3.8, 4) is 0 Å². The highest BCUT2D eigenvalue weighted by Gasteiger charge is 2.00. The summed E-state index contributed by atoms with van der Waals surface area (Å²) in [5, 5.41) is 13.9. The molecule has 19 heavy (non-hydrogen) atoms. The van der Waals surface area contributed by atoms with E-state index in [1.165, 1.54) is 0 Å². The van der Waals surface area contributed by atoms with Crippen molar-refractivity contribution in [2.45, 2.75) is 38.6 Å². The molecule has 1 heterocycles. The molecule has 7 nitrogen and oxygen atoms in total. The Balaban J connectivity index is 1.91. The molecule has 0 aromatic carbocycles. The van der Waals surface area contributed by atoms with Crippen LogP contribution in [0.4, 0.5) is 4.79 Å². The molecule has 7 heteroatoms. The Morgan fingerprint density at radius 2 is 2.00 bits per heavy atom. The first-order chi connectivity index (χ1) is 9.18. The number of imidazole rings is 1. The fraction of sp³-hybridized carbons (Fsp3) is 0.583. The lowest BCUT2D eigenvalue weighted by molar-refractivity contribution is -0.137. The molecule has 0 unspecified atom stereocenters. The molecule has 0 atom stereocenters. The van der Waals surface area contributed by atoms with Crippen LogP contribution in [0.5, 0.6) is 0 Å². The number of carboxylic acid groups (broad SMARTS) is 1. The third-order valence-electron chi connectivity index (χ3n) is 2.60. The second-order valence-corrected chi connectivity index (χ2v) is 4.24. The minimum Gasteiger partial charge on any atom is -0.481 e. The number of unbranched alkanes of at least 4 members (excludes halogenated alkanes) is 3. The van der Waals surface area contributed by atoms with Gasteiger partial charge in [0.1, 0.15) is 0 Å². The second kappa shape index (κ2) is 8.96. The number of nitrogens with one attached hydrogen (secondary N) is 3. The first-order valence-electron chi connectivity index (χ1n) is 6.39. The number of urea groups is 1. The lowest BCUT2D eigenvalue weighted by Gasteiger charge is -2.06. The van der Waals surface area contributed by atoms with Crippen LogP contribution < -0.4 is 10.6 Å². The van der Waals surface area contributed by atoms with Crippen LogP contribution in [0.2, 0.25) is 0 Å². The highest BCUT2D eigenvalue weighted by molar-refractivity contribution is 5.73. The molecule has 0 saturated carbocycles. The molecule has 4 N–H and O–H groups in total. The quantitative estimate of drug-likeness (QED) is 0.505. The molecular formula is C12H20N4O3. The van der Waals surface area contributed by atoms with Gasteiger partial charge < -0.3 is 20.7 Å². The Hall–Kier alpha value is -2.05. The lowest BCUT2D eigenvalue weighted by Crippen LogP contribution is -2.35. The number of hydrogen-bond donors (Lipinski definition) is 4. The number of carboxylic acids is 1. The van der Waals surface area contributed by atoms with Crippen LogP contribution >= 0.6 is 0 Å². The van der Waals surface area contributed by atoms with Crippen LogP contribution in [0.1, 0.15) is 37.8 Å². The van der Waals surface area contributed by atoms with Crippen molar-refractivity contribution in [2.75, 3.05) is 6.54 Å². The van der Waals surface area contributed by atoms with Gasteiger partial charge >= 0.3 is 12.0 Å². The van der Waals surface area contributed by atoms with E-state index in [2.05, 4.69) is 20.6 Å². The molecule has 1 aromatic heterocycles. The molecule has 0 radical (unpaired) electrons. The highest BCUT2D eigenvalue weighted by atomic mass is 16.4. The number of H-pyrrole nitrogens is 1. The average Bonchev–Trinajstić information content (AvgIpc) is 2.88. The summed E-state index contributed by atoms with van der Waals surface area (Å²) in [6, 6.07) is -0.208. The van der Waals surface area contributed by atoms with Gasteiger partial charge in [0, 0.05) is 19.2 Å². The predicted octanol–water partition coefficient (Wildman–Crippen LogP) is 1.24. The SMILES string of the molecule is O=C(O)CCCCCCNC(=O)NCc1cnc[nH]1. The van der Waals surface area contributed by atoms with Gasteiger partial charge in [0.15, 0.2) is 0 Å². The highest BCUT2D eigenvalue weighted by Crippen LogP contribution is 2.02. The molecule has 0 aliphatic carbocycles. The average molecular weight is 268 g/mol. The van der Waals surface area contributed by atoms with E-state index < -0.39 is 5.97 Å². The third-order valence-corrected chi connectivity index (χ3v) is 2.60. The zero-order valence-electron chi connectivity index (χ0n) is 10.8. The number of nitrogens with zero attached hydrogens (tertiary/aromatic N) is 1. The summed E-state index contributed by atoms with van der Waals surface area (Å²) in [4.78, 5) is 28.4. The number of hydrogen-bond acceptors (Lipinski definition) is 3. The second-order valence-electron chi connectivity index (χ2n) is 4.24. The predicted molar refractivity (Wildman–Crippen MR) is 69.5 cm³/mol. The molecule has 0 spiro atoms. The van der Waals surface area contributed by atoms with Crippen molar-refractivity contribution in [1.82, 2.24) is 20.6 Å². The van der Waals surface area contributed by atoms with Crippen molar-refractivity contribution in [3.63, 3.8) is 0 Å². The van der Waals surface area contributed by atoms with Crippen molar-refractivity contribution in [3.05, 3.63) is 18.2 Å². The van der Waals surface area contributed by atoms with Crippen molar-refractivity contribution in [1.29, 1.82) is 0 Å². The zero-order chi connectivity index (χ0) is 13.9. The van der Waals surface area contributed by atoms with Crippen LogP contribution in [0.3, 0.4) is 0 Å². The van der Waals surface area contributed by atoms with E-state index >= 15 is 0 Å². The van der Waals surface area contributed by atoms with Crippen LogP contribution in [0.15, 0.2) is 12.5 Å². The van der Waals surface area contributed by atoms with E-state index in [0.29, 0.717) is 19.5 Å². The molecule has 0 aliphatic rings. The summed E-state index contributed by atoms with van der Waals surface area (Å²) in [5.41, 5.74) is 0.851. The first kappa shape index (κ1) is 15.0. The van der Waals surface area contributed by atoms with E-state index in [0.717, 1.165) is 25.0 Å². The minimum absolute atomic E-state index is 0.208. The zero-order valence-corrected chi connectivity index (χ0v) is 10.8. The molecule has 0 aliphatic heterocycles. The van der Waals surface area contributed by atoms with E-state index in [1.54, 1.807) is 12.5 Å². The smallest absolute Gasteiger partial charge is 0.315 e. The number of aromatic amines is 1. The third kappa shape index (κ3) is 7.80. The number of amides is 2. The molecular weight excluding hydrogens is 248 g/mol. The summed E-state index contributed by atoms with van der Waals surface area (Å²) in [6.07, 6.45) is 6.79. The molecule has 106 valence electrons. The van der Waals surface area contributed by atoms with Crippen molar-refractivity contribution < 1.29 is 14.7 Å². The summed E-state index contributed by atoms with van der Waals surface area (Å²) in [7, 11) is 0. The Kier molecular flexibility index (Phi) is 7.08. The van der Waals surface area contributed by atoms with Gasteiger partial charge in [0.05, 0.1) is 18.6 Å².